The standard InChI is InChI=1S/C20H23NO3S/c1-4-21(5-2)25(23,24)19-13-10-18(11-14-19)20(22)15-12-17-9-7-6-8-16(17)3/h6-15H,4-5H2,1-3H3. The predicted octanol–water partition coefficient (Wildman–Crippen LogP) is 3.92. The van der Waals surface area contributed by atoms with E-state index in [9.17, 15) is 13.2 Å². The Hall–Kier alpha value is -2.24. The monoisotopic (exact) mass is 357 g/mol. The molecule has 0 amide bonds. The Bertz CT molecular complexity index is 864. The number of carbonyl (C=O) groups is 1. The molecular weight excluding hydrogens is 334 g/mol. The van der Waals surface area contributed by atoms with Crippen LogP contribution in [0.25, 0.3) is 6.08 Å². The van der Waals surface area contributed by atoms with Crippen LogP contribution >= 0.6 is 0 Å². The van der Waals surface area contributed by atoms with Crippen molar-refractivity contribution in [1.82, 2.24) is 4.31 Å². The number of hydrogen-bond acceptors (Lipinski definition) is 3. The van der Waals surface area contributed by atoms with Gasteiger partial charge in [-0.05, 0) is 48.4 Å². The van der Waals surface area contributed by atoms with Crippen LogP contribution < -0.4 is 0 Å². The highest BCUT2D eigenvalue weighted by Crippen LogP contribution is 2.17. The molecule has 0 N–H and O–H groups in total. The number of aryl methyl sites for hydroxylation is 1. The van der Waals surface area contributed by atoms with Crippen LogP contribution in [0.2, 0.25) is 0 Å². The van der Waals surface area contributed by atoms with Crippen molar-refractivity contribution in [1.29, 1.82) is 0 Å². The summed E-state index contributed by atoms with van der Waals surface area (Å²) in [6.45, 7) is 6.42. The van der Waals surface area contributed by atoms with Crippen molar-refractivity contribution in [3.63, 3.8) is 0 Å². The summed E-state index contributed by atoms with van der Waals surface area (Å²) < 4.78 is 26.3. The van der Waals surface area contributed by atoms with Crippen molar-refractivity contribution in [2.45, 2.75) is 25.7 Å². The molecule has 0 saturated carbocycles. The summed E-state index contributed by atoms with van der Waals surface area (Å²) in [7, 11) is -3.50. The zero-order valence-electron chi connectivity index (χ0n) is 14.8. The highest BCUT2D eigenvalue weighted by atomic mass is 32.2. The van der Waals surface area contributed by atoms with Gasteiger partial charge in [0.05, 0.1) is 4.90 Å². The summed E-state index contributed by atoms with van der Waals surface area (Å²) in [6.07, 6.45) is 3.29. The van der Waals surface area contributed by atoms with Gasteiger partial charge in [0.25, 0.3) is 0 Å². The molecule has 0 aliphatic heterocycles. The second-order valence-corrected chi connectivity index (χ2v) is 7.61. The molecule has 2 aromatic rings. The number of carbonyl (C=O) groups excluding carboxylic acids is 1. The molecule has 0 spiro atoms. The second-order valence-electron chi connectivity index (χ2n) is 5.67. The van der Waals surface area contributed by atoms with Crippen LogP contribution in [0, 0.1) is 6.92 Å². The molecule has 25 heavy (non-hydrogen) atoms. The first-order valence-electron chi connectivity index (χ1n) is 8.28. The average Bonchev–Trinajstić information content (AvgIpc) is 2.61. The molecule has 0 radical (unpaired) electrons. The number of nitrogens with zero attached hydrogens (tertiary/aromatic N) is 1. The fourth-order valence-corrected chi connectivity index (χ4v) is 4.00. The van der Waals surface area contributed by atoms with Crippen molar-refractivity contribution in [3.8, 4) is 0 Å². The Morgan fingerprint density at radius 1 is 1.00 bits per heavy atom. The maximum atomic E-state index is 12.5. The fraction of sp³-hybridized carbons (Fsp3) is 0.250. The van der Waals surface area contributed by atoms with E-state index < -0.39 is 10.0 Å². The van der Waals surface area contributed by atoms with Crippen LogP contribution in [0.1, 0.15) is 35.3 Å². The van der Waals surface area contributed by atoms with Crippen LogP contribution in [0.4, 0.5) is 0 Å². The molecule has 0 unspecified atom stereocenters. The summed E-state index contributed by atoms with van der Waals surface area (Å²) in [5, 5.41) is 0. The van der Waals surface area contributed by atoms with E-state index >= 15 is 0 Å². The molecule has 0 saturated heterocycles. The quantitative estimate of drug-likeness (QED) is 0.557. The SMILES string of the molecule is CCN(CC)S(=O)(=O)c1ccc(C(=O)C=Cc2ccccc2C)cc1. The molecule has 4 nitrogen and oxygen atoms in total. The Balaban J connectivity index is 2.20. The van der Waals surface area contributed by atoms with E-state index in [1.807, 2.05) is 31.2 Å². The third-order valence-electron chi connectivity index (χ3n) is 4.08. The number of hydrogen-bond donors (Lipinski definition) is 0. The first kappa shape index (κ1) is 19.1. The van der Waals surface area contributed by atoms with E-state index in [1.165, 1.54) is 22.5 Å². The predicted molar refractivity (Wildman–Crippen MR) is 101 cm³/mol. The van der Waals surface area contributed by atoms with Gasteiger partial charge in [0.1, 0.15) is 0 Å². The lowest BCUT2D eigenvalue weighted by Crippen LogP contribution is -2.30. The Morgan fingerprint density at radius 3 is 2.16 bits per heavy atom. The zero-order valence-corrected chi connectivity index (χ0v) is 15.6. The molecule has 132 valence electrons. The maximum Gasteiger partial charge on any atom is 0.243 e. The Kier molecular flexibility index (Phi) is 6.28. The summed E-state index contributed by atoms with van der Waals surface area (Å²) in [5.74, 6) is -0.157. The lowest BCUT2D eigenvalue weighted by atomic mass is 10.1. The Labute approximate surface area is 149 Å². The van der Waals surface area contributed by atoms with Gasteiger partial charge in [0.15, 0.2) is 5.78 Å². The van der Waals surface area contributed by atoms with Gasteiger partial charge in [-0.25, -0.2) is 8.42 Å². The molecule has 0 aliphatic rings. The van der Waals surface area contributed by atoms with Gasteiger partial charge < -0.3 is 0 Å². The third-order valence-corrected chi connectivity index (χ3v) is 6.15. The number of sulfonamides is 1. The number of benzene rings is 2. The highest BCUT2D eigenvalue weighted by molar-refractivity contribution is 7.89. The van der Waals surface area contributed by atoms with Crippen LogP contribution in [0.3, 0.4) is 0 Å². The zero-order chi connectivity index (χ0) is 18.4. The topological polar surface area (TPSA) is 54.5 Å². The van der Waals surface area contributed by atoms with Gasteiger partial charge in [-0.1, -0.05) is 44.2 Å². The van der Waals surface area contributed by atoms with Crippen LogP contribution in [0.15, 0.2) is 59.5 Å². The highest BCUT2D eigenvalue weighted by Gasteiger charge is 2.21. The second kappa shape index (κ2) is 8.23. The first-order valence-corrected chi connectivity index (χ1v) is 9.72. The van der Waals surface area contributed by atoms with E-state index in [1.54, 1.807) is 32.1 Å². The number of allylic oxidation sites excluding steroid dienone is 1. The summed E-state index contributed by atoms with van der Waals surface area (Å²) in [6, 6.07) is 13.9. The normalized spacial score (nSPS) is 12.0. The summed E-state index contributed by atoms with van der Waals surface area (Å²) in [4.78, 5) is 12.5. The van der Waals surface area contributed by atoms with E-state index in [4.69, 9.17) is 0 Å². The van der Waals surface area contributed by atoms with Crippen molar-refractivity contribution in [2.24, 2.45) is 0 Å². The Morgan fingerprint density at radius 2 is 1.60 bits per heavy atom. The van der Waals surface area contributed by atoms with E-state index in [2.05, 4.69) is 0 Å². The average molecular weight is 357 g/mol. The van der Waals surface area contributed by atoms with E-state index in [0.717, 1.165) is 11.1 Å². The first-order chi connectivity index (χ1) is 11.9. The molecule has 0 aromatic heterocycles. The van der Waals surface area contributed by atoms with Crippen LogP contribution in [-0.2, 0) is 10.0 Å². The van der Waals surface area contributed by atoms with E-state index in [-0.39, 0.29) is 10.7 Å². The van der Waals surface area contributed by atoms with Gasteiger partial charge in [-0.15, -0.1) is 0 Å². The van der Waals surface area contributed by atoms with Gasteiger partial charge >= 0.3 is 0 Å². The van der Waals surface area contributed by atoms with Crippen LogP contribution in [-0.4, -0.2) is 31.6 Å². The smallest absolute Gasteiger partial charge is 0.243 e. The van der Waals surface area contributed by atoms with Crippen molar-refractivity contribution in [3.05, 3.63) is 71.3 Å². The number of ketones is 1. The van der Waals surface area contributed by atoms with Gasteiger partial charge in [0, 0.05) is 18.7 Å². The van der Waals surface area contributed by atoms with Gasteiger partial charge in [0.2, 0.25) is 10.0 Å². The molecule has 0 bridgehead atoms. The molecule has 0 heterocycles. The molecule has 2 rings (SSSR count). The molecule has 0 fully saturated rings. The van der Waals surface area contributed by atoms with Crippen LogP contribution in [0.5, 0.6) is 0 Å². The summed E-state index contributed by atoms with van der Waals surface area (Å²) in [5.41, 5.74) is 2.53. The summed E-state index contributed by atoms with van der Waals surface area (Å²) >= 11 is 0. The lowest BCUT2D eigenvalue weighted by Gasteiger charge is -2.18. The van der Waals surface area contributed by atoms with Gasteiger partial charge in [-0.2, -0.15) is 4.31 Å². The molecule has 0 atom stereocenters. The largest absolute Gasteiger partial charge is 0.289 e. The lowest BCUT2D eigenvalue weighted by molar-refractivity contribution is 0.104. The fourth-order valence-electron chi connectivity index (χ4n) is 2.54. The third kappa shape index (κ3) is 4.44. The van der Waals surface area contributed by atoms with Crippen molar-refractivity contribution in [2.75, 3.05) is 13.1 Å². The minimum absolute atomic E-state index is 0.157. The van der Waals surface area contributed by atoms with Crippen molar-refractivity contribution < 1.29 is 13.2 Å². The van der Waals surface area contributed by atoms with Gasteiger partial charge in [-0.3, -0.25) is 4.79 Å². The molecule has 2 aromatic carbocycles. The molecule has 5 heteroatoms. The maximum absolute atomic E-state index is 12.5. The number of rotatable bonds is 7. The molecular formula is C20H23NO3S. The van der Waals surface area contributed by atoms with E-state index in [0.29, 0.717) is 18.7 Å². The minimum Gasteiger partial charge on any atom is -0.289 e. The minimum atomic E-state index is -3.50. The van der Waals surface area contributed by atoms with Crippen molar-refractivity contribution >= 4 is 21.9 Å². The molecule has 0 aliphatic carbocycles.